The minimum Gasteiger partial charge on any atom is -0.398 e. The van der Waals surface area contributed by atoms with Gasteiger partial charge >= 0.3 is 0 Å². The van der Waals surface area contributed by atoms with E-state index in [4.69, 9.17) is 5.73 Å². The fraction of sp³-hybridized carbons (Fsp3) is 0.500. The van der Waals surface area contributed by atoms with E-state index in [1.165, 1.54) is 0 Å². The number of anilines is 1. The van der Waals surface area contributed by atoms with Crippen LogP contribution in [0, 0.1) is 0 Å². The molecule has 1 aliphatic rings. The predicted octanol–water partition coefficient (Wildman–Crippen LogP) is 2.20. The van der Waals surface area contributed by atoms with Crippen LogP contribution in [0.1, 0.15) is 23.2 Å². The second-order valence-electron chi connectivity index (χ2n) is 5.20. The Labute approximate surface area is 122 Å². The molecule has 1 aromatic carbocycles. The third kappa shape index (κ3) is 3.09. The second kappa shape index (κ2) is 5.92. The minimum absolute atomic E-state index is 0.0661. The van der Waals surface area contributed by atoms with Gasteiger partial charge in [0.05, 0.1) is 10.0 Å². The van der Waals surface area contributed by atoms with E-state index in [2.05, 4.69) is 34.9 Å². The highest BCUT2D eigenvalue weighted by Gasteiger charge is 2.25. The van der Waals surface area contributed by atoms with E-state index in [1.54, 1.807) is 6.07 Å². The Morgan fingerprint density at radius 2 is 2.00 bits per heavy atom. The van der Waals surface area contributed by atoms with Gasteiger partial charge in [-0.05, 0) is 55.0 Å². The van der Waals surface area contributed by atoms with E-state index >= 15 is 0 Å². The number of nitrogen functional groups attached to an aromatic ring is 1. The molecular formula is C14H20BrN3O. The van der Waals surface area contributed by atoms with E-state index in [-0.39, 0.29) is 5.91 Å². The molecule has 2 rings (SSSR count). The average Bonchev–Trinajstić information content (AvgIpc) is 2.41. The molecule has 0 aromatic heterocycles. The van der Waals surface area contributed by atoms with Gasteiger partial charge in [-0.2, -0.15) is 0 Å². The van der Waals surface area contributed by atoms with E-state index in [0.29, 0.717) is 21.8 Å². The molecule has 104 valence electrons. The molecule has 1 aromatic rings. The first-order valence-electron chi connectivity index (χ1n) is 6.50. The smallest absolute Gasteiger partial charge is 0.255 e. The number of piperidine rings is 1. The maximum Gasteiger partial charge on any atom is 0.255 e. The summed E-state index contributed by atoms with van der Waals surface area (Å²) in [6.07, 6.45) is 2.05. The first-order valence-corrected chi connectivity index (χ1v) is 7.29. The summed E-state index contributed by atoms with van der Waals surface area (Å²) in [5, 5.41) is 0. The van der Waals surface area contributed by atoms with Crippen molar-refractivity contribution >= 4 is 27.5 Å². The monoisotopic (exact) mass is 325 g/mol. The summed E-state index contributed by atoms with van der Waals surface area (Å²) < 4.78 is 0.703. The van der Waals surface area contributed by atoms with Gasteiger partial charge in [0, 0.05) is 24.8 Å². The van der Waals surface area contributed by atoms with Gasteiger partial charge in [0.15, 0.2) is 0 Å². The lowest BCUT2D eigenvalue weighted by Gasteiger charge is -2.35. The standard InChI is InChI=1S/C14H20BrN3O/c1-17(2)10-6-8-18(9-7-10)14(19)11-4-3-5-12(16)13(11)15/h3-5,10H,6-9,16H2,1-2H3. The fourth-order valence-corrected chi connectivity index (χ4v) is 2.90. The van der Waals surface area contributed by atoms with Gasteiger partial charge < -0.3 is 15.5 Å². The first-order chi connectivity index (χ1) is 9.00. The van der Waals surface area contributed by atoms with Gasteiger partial charge in [-0.25, -0.2) is 0 Å². The SMILES string of the molecule is CN(C)C1CCN(C(=O)c2cccc(N)c2Br)CC1. The van der Waals surface area contributed by atoms with Crippen LogP contribution in [0.2, 0.25) is 0 Å². The van der Waals surface area contributed by atoms with Crippen LogP contribution in [0.25, 0.3) is 0 Å². The third-order valence-electron chi connectivity index (χ3n) is 3.74. The summed E-state index contributed by atoms with van der Waals surface area (Å²) in [5.74, 6) is 0.0661. The van der Waals surface area contributed by atoms with Crippen LogP contribution < -0.4 is 5.73 Å². The Bertz CT molecular complexity index is 468. The Morgan fingerprint density at radius 1 is 1.37 bits per heavy atom. The minimum atomic E-state index is 0.0661. The first kappa shape index (κ1) is 14.3. The molecule has 0 spiro atoms. The number of likely N-dealkylation sites (tertiary alicyclic amines) is 1. The molecule has 5 heteroatoms. The number of carbonyl (C=O) groups is 1. The van der Waals surface area contributed by atoms with Crippen molar-refractivity contribution in [2.45, 2.75) is 18.9 Å². The summed E-state index contributed by atoms with van der Waals surface area (Å²) in [7, 11) is 4.19. The molecule has 0 atom stereocenters. The van der Waals surface area contributed by atoms with Crippen molar-refractivity contribution in [2.24, 2.45) is 0 Å². The van der Waals surface area contributed by atoms with Crippen molar-refractivity contribution in [1.82, 2.24) is 9.80 Å². The maximum atomic E-state index is 12.5. The molecule has 0 aliphatic carbocycles. The number of hydrogen-bond acceptors (Lipinski definition) is 3. The second-order valence-corrected chi connectivity index (χ2v) is 5.99. The number of carbonyl (C=O) groups excluding carboxylic acids is 1. The molecule has 1 saturated heterocycles. The summed E-state index contributed by atoms with van der Waals surface area (Å²) >= 11 is 3.40. The molecule has 0 bridgehead atoms. The third-order valence-corrected chi connectivity index (χ3v) is 4.63. The Hall–Kier alpha value is -1.07. The number of amides is 1. The van der Waals surface area contributed by atoms with Crippen LogP contribution >= 0.6 is 15.9 Å². The summed E-state index contributed by atoms with van der Waals surface area (Å²) in [5.41, 5.74) is 7.09. The van der Waals surface area contributed by atoms with Gasteiger partial charge in [0.25, 0.3) is 5.91 Å². The van der Waals surface area contributed by atoms with Gasteiger partial charge in [0.1, 0.15) is 0 Å². The van der Waals surface area contributed by atoms with Crippen molar-refractivity contribution in [1.29, 1.82) is 0 Å². The van der Waals surface area contributed by atoms with Crippen LogP contribution in [-0.4, -0.2) is 48.9 Å². The van der Waals surface area contributed by atoms with E-state index in [0.717, 1.165) is 25.9 Å². The fourth-order valence-electron chi connectivity index (χ4n) is 2.47. The lowest BCUT2D eigenvalue weighted by atomic mass is 10.0. The zero-order chi connectivity index (χ0) is 14.0. The van der Waals surface area contributed by atoms with Crippen molar-refractivity contribution < 1.29 is 4.79 Å². The molecular weight excluding hydrogens is 306 g/mol. The van der Waals surface area contributed by atoms with Crippen molar-refractivity contribution in [3.8, 4) is 0 Å². The molecule has 19 heavy (non-hydrogen) atoms. The number of benzene rings is 1. The van der Waals surface area contributed by atoms with Gasteiger partial charge in [-0.1, -0.05) is 6.07 Å². The van der Waals surface area contributed by atoms with Crippen molar-refractivity contribution in [3.63, 3.8) is 0 Å². The zero-order valence-corrected chi connectivity index (χ0v) is 13.0. The van der Waals surface area contributed by atoms with Crippen molar-refractivity contribution in [3.05, 3.63) is 28.2 Å². The Morgan fingerprint density at radius 3 is 2.58 bits per heavy atom. The lowest BCUT2D eigenvalue weighted by molar-refractivity contribution is 0.0662. The van der Waals surface area contributed by atoms with Gasteiger partial charge in [-0.15, -0.1) is 0 Å². The largest absolute Gasteiger partial charge is 0.398 e. The van der Waals surface area contributed by atoms with Crippen LogP contribution in [-0.2, 0) is 0 Å². The highest BCUT2D eigenvalue weighted by molar-refractivity contribution is 9.10. The van der Waals surface area contributed by atoms with Gasteiger partial charge in [-0.3, -0.25) is 4.79 Å². The number of nitrogens with zero attached hydrogens (tertiary/aromatic N) is 2. The molecule has 1 heterocycles. The summed E-state index contributed by atoms with van der Waals surface area (Å²) in [6.45, 7) is 1.62. The zero-order valence-electron chi connectivity index (χ0n) is 11.4. The molecule has 2 N–H and O–H groups in total. The topological polar surface area (TPSA) is 49.6 Å². The van der Waals surface area contributed by atoms with E-state index in [1.807, 2.05) is 17.0 Å². The van der Waals surface area contributed by atoms with Crippen molar-refractivity contribution in [2.75, 3.05) is 32.9 Å². The van der Waals surface area contributed by atoms with E-state index in [9.17, 15) is 4.79 Å². The van der Waals surface area contributed by atoms with E-state index < -0.39 is 0 Å². The number of hydrogen-bond donors (Lipinski definition) is 1. The van der Waals surface area contributed by atoms with Crippen LogP contribution in [0.3, 0.4) is 0 Å². The number of nitrogens with two attached hydrogens (primary N) is 1. The molecule has 0 saturated carbocycles. The predicted molar refractivity (Wildman–Crippen MR) is 81.2 cm³/mol. The molecule has 1 aliphatic heterocycles. The number of halogens is 1. The quantitative estimate of drug-likeness (QED) is 0.848. The Balaban J connectivity index is 2.07. The average molecular weight is 326 g/mol. The molecule has 0 unspecified atom stereocenters. The van der Waals surface area contributed by atoms with Crippen LogP contribution in [0.15, 0.2) is 22.7 Å². The van der Waals surface area contributed by atoms with Crippen LogP contribution in [0.4, 0.5) is 5.69 Å². The molecule has 0 radical (unpaired) electrons. The highest BCUT2D eigenvalue weighted by Crippen LogP contribution is 2.26. The number of rotatable bonds is 2. The molecule has 1 fully saturated rings. The highest BCUT2D eigenvalue weighted by atomic mass is 79.9. The normalized spacial score (nSPS) is 16.9. The maximum absolute atomic E-state index is 12.5. The molecule has 1 amide bonds. The van der Waals surface area contributed by atoms with Gasteiger partial charge in [0.2, 0.25) is 0 Å². The molecule has 4 nitrogen and oxygen atoms in total. The Kier molecular flexibility index (Phi) is 4.47. The lowest BCUT2D eigenvalue weighted by Crippen LogP contribution is -2.44. The summed E-state index contributed by atoms with van der Waals surface area (Å²) in [4.78, 5) is 16.6. The summed E-state index contributed by atoms with van der Waals surface area (Å²) in [6, 6.07) is 6.01. The van der Waals surface area contributed by atoms with Crippen LogP contribution in [0.5, 0.6) is 0 Å².